The van der Waals surface area contributed by atoms with E-state index in [9.17, 15) is 4.79 Å². The minimum Gasteiger partial charge on any atom is -0.497 e. The maximum absolute atomic E-state index is 12.7. The van der Waals surface area contributed by atoms with Crippen LogP contribution in [-0.4, -0.2) is 96.4 Å². The molecule has 2 aliphatic heterocycles. The van der Waals surface area contributed by atoms with Crippen LogP contribution in [0.15, 0.2) is 58.6 Å². The normalized spacial score (nSPS) is 20.4. The highest BCUT2D eigenvalue weighted by Gasteiger charge is 2.34. The average molecular weight is 553 g/mol. The number of amidine groups is 2. The molecule has 3 aromatic rings. The Balaban J connectivity index is 1.28. The van der Waals surface area contributed by atoms with Gasteiger partial charge in [-0.3, -0.25) is 9.80 Å². The van der Waals surface area contributed by atoms with Crippen molar-refractivity contribution >= 4 is 42.3 Å². The Kier molecular flexibility index (Phi) is 7.33. The van der Waals surface area contributed by atoms with Crippen LogP contribution in [0.2, 0.25) is 0 Å². The van der Waals surface area contributed by atoms with Crippen molar-refractivity contribution in [2.75, 3.05) is 38.1 Å². The number of piperazine rings is 1. The first kappa shape index (κ1) is 27.5. The zero-order valence-electron chi connectivity index (χ0n) is 24.2. The number of aliphatic imine (C=N–C) groups is 2. The van der Waals surface area contributed by atoms with E-state index < -0.39 is 11.7 Å². The van der Waals surface area contributed by atoms with E-state index in [0.29, 0.717) is 23.6 Å². The van der Waals surface area contributed by atoms with Gasteiger partial charge in [0.25, 0.3) is 0 Å². The molecule has 1 aromatic heterocycles. The molecule has 1 saturated heterocycles. The van der Waals surface area contributed by atoms with Crippen molar-refractivity contribution in [2.45, 2.75) is 57.8 Å². The van der Waals surface area contributed by atoms with E-state index in [2.05, 4.69) is 14.9 Å². The molecule has 1 saturated carbocycles. The van der Waals surface area contributed by atoms with Crippen molar-refractivity contribution in [3.63, 3.8) is 0 Å². The molecule has 2 aromatic carbocycles. The number of nitrogens with zero attached hydrogens (tertiary/aromatic N) is 7. The van der Waals surface area contributed by atoms with Gasteiger partial charge in [0.2, 0.25) is 7.98 Å². The number of anilines is 1. The Morgan fingerprint density at radius 2 is 1.80 bits per heavy atom. The number of hydrogen-bond acceptors (Lipinski definition) is 9. The summed E-state index contributed by atoms with van der Waals surface area (Å²) in [5.41, 5.74) is 1.65. The van der Waals surface area contributed by atoms with E-state index in [4.69, 9.17) is 27.4 Å². The fourth-order valence-electron chi connectivity index (χ4n) is 5.42. The zero-order valence-corrected chi connectivity index (χ0v) is 24.2. The smallest absolute Gasteiger partial charge is 0.435 e. The third-order valence-corrected chi connectivity index (χ3v) is 7.71. The lowest BCUT2D eigenvalue weighted by molar-refractivity contribution is 0.0522. The lowest BCUT2D eigenvalue weighted by Crippen LogP contribution is -2.52. The molecule has 0 N–H and O–H groups in total. The first-order chi connectivity index (χ1) is 19.7. The number of fused-ring (bicyclic) bond motifs is 1. The number of aromatic nitrogens is 2. The van der Waals surface area contributed by atoms with Crippen molar-refractivity contribution in [3.8, 4) is 5.75 Å². The summed E-state index contributed by atoms with van der Waals surface area (Å²) in [5, 5.41) is 5.04. The molecule has 0 amide bonds. The third kappa shape index (κ3) is 6.01. The topological polar surface area (TPSA) is 87.8 Å². The molecule has 2 fully saturated rings. The number of methoxy groups -OCH3 is 1. The second kappa shape index (κ2) is 10.9. The summed E-state index contributed by atoms with van der Waals surface area (Å²) in [6, 6.07) is 14.2. The molecule has 41 heavy (non-hydrogen) atoms. The van der Waals surface area contributed by atoms with E-state index in [1.807, 2.05) is 63.2 Å². The summed E-state index contributed by atoms with van der Waals surface area (Å²) >= 11 is 0. The molecule has 11 heteroatoms. The summed E-state index contributed by atoms with van der Waals surface area (Å²) in [5.74, 6) is 2.10. The number of benzene rings is 2. The van der Waals surface area contributed by atoms with Gasteiger partial charge in [-0.05, 0) is 63.9 Å². The minimum absolute atomic E-state index is 0.0743. The van der Waals surface area contributed by atoms with Crippen LogP contribution >= 0.6 is 0 Å². The van der Waals surface area contributed by atoms with Crippen LogP contribution in [-0.2, 0) is 4.74 Å². The van der Waals surface area contributed by atoms with Crippen molar-refractivity contribution < 1.29 is 14.3 Å². The molecule has 0 spiro atoms. The molecular weight excluding hydrogens is 517 g/mol. The van der Waals surface area contributed by atoms with Crippen LogP contribution in [0.4, 0.5) is 10.5 Å². The number of ether oxygens (including phenoxy) is 2. The quantitative estimate of drug-likeness (QED) is 0.441. The van der Waals surface area contributed by atoms with E-state index in [0.717, 1.165) is 54.6 Å². The fourth-order valence-corrected chi connectivity index (χ4v) is 5.42. The Labute approximate surface area is 242 Å². The second-order valence-electron chi connectivity index (χ2n) is 11.9. The molecule has 1 atom stereocenters. The first-order valence-electron chi connectivity index (χ1n) is 14.2. The molecule has 3 aliphatic rings. The Morgan fingerprint density at radius 3 is 2.51 bits per heavy atom. The Bertz CT molecular complexity index is 1500. The molecule has 2 radical (unpaired) electrons. The maximum atomic E-state index is 12.7. The van der Waals surface area contributed by atoms with Gasteiger partial charge in [0, 0.05) is 55.3 Å². The standard InChI is InChI=1S/C30H36BN7O3/c1-30(2,3)41-29(39)38-25-11-10-23(16-21(25)19-32-38)37(31)27-18-26(36-14-12-35(13-15-36)22-8-9-22)33-28(34-27)20-6-5-7-24(17-20)40-4/h5-7,10-11,16-17,19,22,26H,8-9,12-15,18H2,1-4H3. The van der Waals surface area contributed by atoms with Crippen LogP contribution in [0.1, 0.15) is 45.6 Å². The van der Waals surface area contributed by atoms with E-state index in [1.54, 1.807) is 18.1 Å². The summed E-state index contributed by atoms with van der Waals surface area (Å²) in [6.07, 6.45) is 4.27. The first-order valence-corrected chi connectivity index (χ1v) is 14.2. The number of hydrogen-bond donors (Lipinski definition) is 0. The van der Waals surface area contributed by atoms with Crippen LogP contribution in [0.5, 0.6) is 5.75 Å². The van der Waals surface area contributed by atoms with Gasteiger partial charge in [0.15, 0.2) is 5.84 Å². The van der Waals surface area contributed by atoms with Gasteiger partial charge in [-0.15, -0.1) is 0 Å². The van der Waals surface area contributed by atoms with Gasteiger partial charge >= 0.3 is 6.09 Å². The predicted octanol–water partition coefficient (Wildman–Crippen LogP) is 4.07. The summed E-state index contributed by atoms with van der Waals surface area (Å²) in [4.78, 5) is 29.4. The van der Waals surface area contributed by atoms with Crippen LogP contribution in [0, 0.1) is 0 Å². The maximum Gasteiger partial charge on any atom is 0.435 e. The highest BCUT2D eigenvalue weighted by molar-refractivity contribution is 6.34. The predicted molar refractivity (Wildman–Crippen MR) is 161 cm³/mol. The van der Waals surface area contributed by atoms with Gasteiger partial charge in [-0.1, -0.05) is 12.1 Å². The average Bonchev–Trinajstić information content (AvgIpc) is 3.74. The third-order valence-electron chi connectivity index (χ3n) is 7.71. The summed E-state index contributed by atoms with van der Waals surface area (Å²) in [7, 11) is 8.40. The minimum atomic E-state index is -0.619. The SMILES string of the molecule is [B]N(C1=NC(c2cccc(OC)c2)=NC(N2CCN(C3CC3)CC2)C1)c1ccc2c(cnn2C(=O)OC(C)(C)C)c1. The highest BCUT2D eigenvalue weighted by atomic mass is 16.6. The van der Waals surface area contributed by atoms with Crippen molar-refractivity contribution in [1.82, 2.24) is 19.6 Å². The van der Waals surface area contributed by atoms with Gasteiger partial charge in [-0.25, -0.2) is 14.8 Å². The Hall–Kier alpha value is -3.70. The highest BCUT2D eigenvalue weighted by Crippen LogP contribution is 2.30. The number of rotatable bonds is 5. The molecule has 6 rings (SSSR count). The van der Waals surface area contributed by atoms with Crippen molar-refractivity contribution in [1.29, 1.82) is 0 Å². The van der Waals surface area contributed by atoms with E-state index in [-0.39, 0.29) is 6.17 Å². The molecule has 1 unspecified atom stereocenters. The van der Waals surface area contributed by atoms with E-state index >= 15 is 0 Å². The number of carbonyl (C=O) groups excluding carboxylic acids is 1. The van der Waals surface area contributed by atoms with Crippen molar-refractivity contribution in [2.24, 2.45) is 9.98 Å². The molecule has 1 aliphatic carbocycles. The second-order valence-corrected chi connectivity index (χ2v) is 11.9. The lowest BCUT2D eigenvalue weighted by Gasteiger charge is -2.40. The van der Waals surface area contributed by atoms with Gasteiger partial charge in [0.1, 0.15) is 23.4 Å². The molecule has 0 bridgehead atoms. The van der Waals surface area contributed by atoms with Crippen molar-refractivity contribution in [3.05, 3.63) is 54.2 Å². The number of carbonyl (C=O) groups is 1. The van der Waals surface area contributed by atoms with Gasteiger partial charge in [0.05, 0.1) is 18.8 Å². The Morgan fingerprint density at radius 1 is 1.05 bits per heavy atom. The van der Waals surface area contributed by atoms with Crippen LogP contribution in [0.3, 0.4) is 0 Å². The van der Waals surface area contributed by atoms with Gasteiger partial charge < -0.3 is 14.3 Å². The van der Waals surface area contributed by atoms with E-state index in [1.165, 1.54) is 17.5 Å². The summed E-state index contributed by atoms with van der Waals surface area (Å²) in [6.45, 7) is 9.53. The zero-order chi connectivity index (χ0) is 28.7. The molecule has 3 heterocycles. The monoisotopic (exact) mass is 553 g/mol. The molecule has 10 nitrogen and oxygen atoms in total. The van der Waals surface area contributed by atoms with Crippen LogP contribution < -0.4 is 9.55 Å². The largest absolute Gasteiger partial charge is 0.497 e. The summed E-state index contributed by atoms with van der Waals surface area (Å²) < 4.78 is 12.2. The van der Waals surface area contributed by atoms with Gasteiger partial charge in [-0.2, -0.15) is 9.78 Å². The molecule has 212 valence electrons. The molecular formula is C30H36BN7O3. The van der Waals surface area contributed by atoms with Crippen LogP contribution in [0.25, 0.3) is 10.9 Å². The lowest BCUT2D eigenvalue weighted by atomic mass is 10.1. The fraction of sp³-hybridized carbons (Fsp3) is 0.467.